The number of anilines is 1. The van der Waals surface area contributed by atoms with Crippen LogP contribution < -0.4 is 15.4 Å². The third kappa shape index (κ3) is 2.11. The van der Waals surface area contributed by atoms with Crippen LogP contribution in [-0.2, 0) is 0 Å². The van der Waals surface area contributed by atoms with E-state index in [2.05, 4.69) is 20.8 Å². The van der Waals surface area contributed by atoms with E-state index in [0.29, 0.717) is 10.2 Å². The molecule has 1 saturated heterocycles. The van der Waals surface area contributed by atoms with E-state index in [0.717, 1.165) is 36.4 Å². The summed E-state index contributed by atoms with van der Waals surface area (Å²) >= 11 is 3.49. The summed E-state index contributed by atoms with van der Waals surface area (Å²) in [7, 11) is 0. The molecule has 0 aliphatic carbocycles. The molecule has 2 atom stereocenters. The molecule has 0 amide bonds. The summed E-state index contributed by atoms with van der Waals surface area (Å²) in [5, 5.41) is 0. The Labute approximate surface area is 137 Å². The van der Waals surface area contributed by atoms with Crippen LogP contribution >= 0.6 is 15.9 Å². The van der Waals surface area contributed by atoms with Crippen molar-refractivity contribution in [3.8, 4) is 11.5 Å². The molecule has 2 aromatic rings. The smallest absolute Gasteiger partial charge is 0.154 e. The molecule has 2 aromatic carbocycles. The Bertz CT molecular complexity index is 737. The minimum atomic E-state index is -0.317. The predicted molar refractivity (Wildman–Crippen MR) is 87.9 cm³/mol. The first-order valence-electron chi connectivity index (χ1n) is 7.43. The highest BCUT2D eigenvalue weighted by Gasteiger charge is 2.37. The van der Waals surface area contributed by atoms with Crippen molar-refractivity contribution in [2.45, 2.75) is 24.9 Å². The molecule has 4 rings (SSSR count). The van der Waals surface area contributed by atoms with Crippen LogP contribution in [0.1, 0.15) is 24.4 Å². The van der Waals surface area contributed by atoms with E-state index in [1.54, 1.807) is 0 Å². The van der Waals surface area contributed by atoms with E-state index in [1.165, 1.54) is 12.1 Å². The predicted octanol–water partition coefficient (Wildman–Crippen LogP) is 4.36. The molecule has 22 heavy (non-hydrogen) atoms. The first-order valence-corrected chi connectivity index (χ1v) is 8.22. The number of fused-ring (bicyclic) bond motifs is 5. The number of hydrogen-bond donors (Lipinski definition) is 1. The number of rotatable bonds is 0. The van der Waals surface area contributed by atoms with Gasteiger partial charge in [-0.15, -0.1) is 0 Å². The largest absolute Gasteiger partial charge is 0.455 e. The quantitative estimate of drug-likeness (QED) is 0.756. The Morgan fingerprint density at radius 1 is 1.23 bits per heavy atom. The standard InChI is InChI=1S/C17H16BrFN2O/c18-12-8-10(19)9-15-17(12)21-7-3-5-13(20)16(21)11-4-1-2-6-14(11)22-15/h1-2,4,6,8-9,13,16H,3,5,7,20H2/t13-,16-/m0/s1. The fourth-order valence-corrected chi connectivity index (χ4v) is 4.15. The van der Waals surface area contributed by atoms with Crippen molar-refractivity contribution in [3.63, 3.8) is 0 Å². The molecule has 2 aliphatic heterocycles. The van der Waals surface area contributed by atoms with Crippen LogP contribution in [0.15, 0.2) is 40.9 Å². The number of piperidine rings is 1. The summed E-state index contributed by atoms with van der Waals surface area (Å²) in [5.41, 5.74) is 8.38. The summed E-state index contributed by atoms with van der Waals surface area (Å²) in [4.78, 5) is 2.25. The van der Waals surface area contributed by atoms with Gasteiger partial charge in [-0.25, -0.2) is 4.39 Å². The lowest BCUT2D eigenvalue weighted by Crippen LogP contribution is -2.45. The summed E-state index contributed by atoms with van der Waals surface area (Å²) in [6, 6.07) is 10.9. The second kappa shape index (κ2) is 5.25. The van der Waals surface area contributed by atoms with Crippen LogP contribution in [-0.4, -0.2) is 12.6 Å². The lowest BCUT2D eigenvalue weighted by atomic mass is 9.90. The van der Waals surface area contributed by atoms with Gasteiger partial charge >= 0.3 is 0 Å². The third-order valence-corrected chi connectivity index (χ3v) is 5.02. The zero-order valence-corrected chi connectivity index (χ0v) is 13.5. The normalized spacial score (nSPS) is 23.0. The van der Waals surface area contributed by atoms with Crippen molar-refractivity contribution in [1.29, 1.82) is 0 Å². The van der Waals surface area contributed by atoms with E-state index in [9.17, 15) is 4.39 Å². The summed E-state index contributed by atoms with van der Waals surface area (Å²) in [6.07, 6.45) is 1.99. The summed E-state index contributed by atoms with van der Waals surface area (Å²) in [6.45, 7) is 0.882. The lowest BCUT2D eigenvalue weighted by Gasteiger charge is -2.41. The van der Waals surface area contributed by atoms with Crippen LogP contribution in [0.25, 0.3) is 0 Å². The van der Waals surface area contributed by atoms with Crippen LogP contribution in [0.5, 0.6) is 11.5 Å². The molecule has 0 spiro atoms. The van der Waals surface area contributed by atoms with Crippen LogP contribution in [0, 0.1) is 5.82 Å². The van der Waals surface area contributed by atoms with Gasteiger partial charge in [0.15, 0.2) is 5.75 Å². The molecule has 0 bridgehead atoms. The maximum atomic E-state index is 13.8. The number of para-hydroxylation sites is 1. The lowest BCUT2D eigenvalue weighted by molar-refractivity contribution is 0.408. The molecular weight excluding hydrogens is 347 g/mol. The van der Waals surface area contributed by atoms with Gasteiger partial charge in [-0.2, -0.15) is 0 Å². The van der Waals surface area contributed by atoms with E-state index >= 15 is 0 Å². The van der Waals surface area contributed by atoms with Gasteiger partial charge in [-0.3, -0.25) is 0 Å². The molecule has 1 fully saturated rings. The topological polar surface area (TPSA) is 38.5 Å². The van der Waals surface area contributed by atoms with E-state index in [-0.39, 0.29) is 17.9 Å². The van der Waals surface area contributed by atoms with Gasteiger partial charge < -0.3 is 15.4 Å². The van der Waals surface area contributed by atoms with Crippen LogP contribution in [0.4, 0.5) is 10.1 Å². The maximum absolute atomic E-state index is 13.8. The summed E-state index contributed by atoms with van der Waals surface area (Å²) in [5.74, 6) is 0.977. The molecule has 5 heteroatoms. The third-order valence-electron chi connectivity index (χ3n) is 4.42. The van der Waals surface area contributed by atoms with E-state index < -0.39 is 0 Å². The van der Waals surface area contributed by atoms with Crippen molar-refractivity contribution in [2.75, 3.05) is 11.4 Å². The van der Waals surface area contributed by atoms with Crippen molar-refractivity contribution >= 4 is 21.6 Å². The Morgan fingerprint density at radius 2 is 2.05 bits per heavy atom. The van der Waals surface area contributed by atoms with E-state index in [1.807, 2.05) is 24.3 Å². The van der Waals surface area contributed by atoms with Crippen LogP contribution in [0.3, 0.4) is 0 Å². The van der Waals surface area contributed by atoms with Gasteiger partial charge in [0.25, 0.3) is 0 Å². The molecule has 0 aromatic heterocycles. The number of benzene rings is 2. The molecule has 2 N–H and O–H groups in total. The number of ether oxygens (including phenoxy) is 1. The number of hydrogen-bond acceptors (Lipinski definition) is 3. The van der Waals surface area contributed by atoms with Crippen molar-refractivity contribution < 1.29 is 9.13 Å². The first kappa shape index (κ1) is 14.0. The summed E-state index contributed by atoms with van der Waals surface area (Å²) < 4.78 is 20.6. The second-order valence-corrected chi connectivity index (χ2v) is 6.67. The van der Waals surface area contributed by atoms with Gasteiger partial charge in [-0.1, -0.05) is 18.2 Å². The fraction of sp³-hybridized carbons (Fsp3) is 0.294. The van der Waals surface area contributed by atoms with Gasteiger partial charge in [0.1, 0.15) is 11.6 Å². The molecule has 2 aliphatic rings. The first-order chi connectivity index (χ1) is 10.6. The molecule has 0 radical (unpaired) electrons. The monoisotopic (exact) mass is 362 g/mol. The molecule has 2 heterocycles. The average molecular weight is 363 g/mol. The number of nitrogens with zero attached hydrogens (tertiary/aromatic N) is 1. The molecule has 0 unspecified atom stereocenters. The molecule has 114 valence electrons. The number of nitrogens with two attached hydrogens (primary N) is 1. The highest BCUT2D eigenvalue weighted by Crippen LogP contribution is 2.50. The minimum absolute atomic E-state index is 0.0291. The van der Waals surface area contributed by atoms with Crippen LogP contribution in [0.2, 0.25) is 0 Å². The SMILES string of the molecule is N[C@H]1CCCN2c3c(Br)cc(F)cc3Oc3ccccc3[C@@H]12. The number of halogens is 2. The Hall–Kier alpha value is -1.59. The van der Waals surface area contributed by atoms with Crippen molar-refractivity contribution in [1.82, 2.24) is 0 Å². The second-order valence-electron chi connectivity index (χ2n) is 5.82. The van der Waals surface area contributed by atoms with Crippen molar-refractivity contribution in [2.24, 2.45) is 5.73 Å². The Kier molecular flexibility index (Phi) is 3.35. The molecule has 0 saturated carbocycles. The van der Waals surface area contributed by atoms with Gasteiger partial charge in [-0.05, 0) is 40.9 Å². The van der Waals surface area contributed by atoms with Gasteiger partial charge in [0, 0.05) is 28.7 Å². The minimum Gasteiger partial charge on any atom is -0.455 e. The zero-order valence-electron chi connectivity index (χ0n) is 11.9. The van der Waals surface area contributed by atoms with Crippen molar-refractivity contribution in [3.05, 3.63) is 52.3 Å². The van der Waals surface area contributed by atoms with Gasteiger partial charge in [0.2, 0.25) is 0 Å². The average Bonchev–Trinajstić information content (AvgIpc) is 2.61. The van der Waals surface area contributed by atoms with E-state index in [4.69, 9.17) is 10.5 Å². The Balaban J connectivity index is 1.98. The highest BCUT2D eigenvalue weighted by molar-refractivity contribution is 9.10. The Morgan fingerprint density at radius 3 is 2.91 bits per heavy atom. The zero-order chi connectivity index (χ0) is 15.3. The fourth-order valence-electron chi connectivity index (χ4n) is 3.51. The molecule has 3 nitrogen and oxygen atoms in total. The maximum Gasteiger partial charge on any atom is 0.154 e. The molecular formula is C17H16BrFN2O. The van der Waals surface area contributed by atoms with Gasteiger partial charge in [0.05, 0.1) is 11.7 Å². The highest BCUT2D eigenvalue weighted by atomic mass is 79.9.